The molecule has 1 aromatic heterocycles. The van der Waals surface area contributed by atoms with Crippen LogP contribution in [0.15, 0.2) is 67.4 Å². The molecule has 1 atom stereocenters. The number of para-hydroxylation sites is 1. The van der Waals surface area contributed by atoms with E-state index in [-0.39, 0.29) is 5.92 Å². The van der Waals surface area contributed by atoms with Crippen LogP contribution in [0, 0.1) is 0 Å². The summed E-state index contributed by atoms with van der Waals surface area (Å²) >= 11 is 0. The van der Waals surface area contributed by atoms with Gasteiger partial charge in [0.05, 0.1) is 7.11 Å². The van der Waals surface area contributed by atoms with Crippen molar-refractivity contribution in [1.82, 2.24) is 4.57 Å². The molecule has 1 heterocycles. The van der Waals surface area contributed by atoms with Crippen LogP contribution in [0.5, 0.6) is 5.75 Å². The summed E-state index contributed by atoms with van der Waals surface area (Å²) in [5.74, 6) is 1.06. The van der Waals surface area contributed by atoms with E-state index in [1.54, 1.807) is 7.11 Å². The molecule has 3 rings (SSSR count). The number of hydrogen-bond donors (Lipinski definition) is 0. The van der Waals surface area contributed by atoms with Crippen molar-refractivity contribution in [3.05, 3.63) is 78.5 Å². The monoisotopic (exact) mass is 277 g/mol. The Balaban J connectivity index is 2.11. The van der Waals surface area contributed by atoms with Gasteiger partial charge in [-0.05, 0) is 29.3 Å². The standard InChI is InChI=1S/C19H19NO/c1-4-16(14-9-11-15(21-3)12-10-14)18-13-20(2)19-8-6-5-7-17(18)19/h4-13,16H,1H2,2-3H3. The Morgan fingerprint density at radius 1 is 1.10 bits per heavy atom. The third-order valence-electron chi connectivity index (χ3n) is 3.97. The van der Waals surface area contributed by atoms with Crippen LogP contribution in [-0.2, 0) is 7.05 Å². The first kappa shape index (κ1) is 13.5. The highest BCUT2D eigenvalue weighted by Gasteiger charge is 2.16. The molecule has 0 spiro atoms. The van der Waals surface area contributed by atoms with Gasteiger partial charge in [0, 0.05) is 30.1 Å². The third-order valence-corrected chi connectivity index (χ3v) is 3.97. The predicted molar refractivity (Wildman–Crippen MR) is 88.0 cm³/mol. The highest BCUT2D eigenvalue weighted by atomic mass is 16.5. The summed E-state index contributed by atoms with van der Waals surface area (Å²) in [6.07, 6.45) is 4.20. The highest BCUT2D eigenvalue weighted by Crippen LogP contribution is 2.33. The van der Waals surface area contributed by atoms with Crippen molar-refractivity contribution >= 4 is 10.9 Å². The lowest BCUT2D eigenvalue weighted by Crippen LogP contribution is -1.97. The summed E-state index contributed by atoms with van der Waals surface area (Å²) in [4.78, 5) is 0. The Kier molecular flexibility index (Phi) is 3.53. The molecular weight excluding hydrogens is 258 g/mol. The van der Waals surface area contributed by atoms with Crippen molar-refractivity contribution < 1.29 is 4.74 Å². The van der Waals surface area contributed by atoms with E-state index < -0.39 is 0 Å². The van der Waals surface area contributed by atoms with E-state index in [1.165, 1.54) is 22.0 Å². The quantitative estimate of drug-likeness (QED) is 0.640. The molecule has 2 aromatic carbocycles. The number of methoxy groups -OCH3 is 1. The van der Waals surface area contributed by atoms with Gasteiger partial charge in [-0.2, -0.15) is 0 Å². The lowest BCUT2D eigenvalue weighted by atomic mass is 9.91. The van der Waals surface area contributed by atoms with Crippen molar-refractivity contribution in [2.75, 3.05) is 7.11 Å². The molecule has 3 aromatic rings. The van der Waals surface area contributed by atoms with Crippen LogP contribution in [0.4, 0.5) is 0 Å². The Hall–Kier alpha value is -2.48. The van der Waals surface area contributed by atoms with Crippen molar-refractivity contribution in [2.45, 2.75) is 5.92 Å². The van der Waals surface area contributed by atoms with Crippen molar-refractivity contribution in [1.29, 1.82) is 0 Å². The minimum atomic E-state index is 0.182. The van der Waals surface area contributed by atoms with Crippen molar-refractivity contribution in [3.8, 4) is 5.75 Å². The molecule has 1 unspecified atom stereocenters. The van der Waals surface area contributed by atoms with Crippen molar-refractivity contribution in [3.63, 3.8) is 0 Å². The van der Waals surface area contributed by atoms with Gasteiger partial charge >= 0.3 is 0 Å². The zero-order valence-corrected chi connectivity index (χ0v) is 12.4. The summed E-state index contributed by atoms with van der Waals surface area (Å²) < 4.78 is 7.40. The number of allylic oxidation sites excluding steroid dienone is 1. The molecule has 0 radical (unpaired) electrons. The number of nitrogens with zero attached hydrogens (tertiary/aromatic N) is 1. The van der Waals surface area contributed by atoms with E-state index in [9.17, 15) is 0 Å². The molecule has 0 aliphatic rings. The van der Waals surface area contributed by atoms with Gasteiger partial charge in [-0.25, -0.2) is 0 Å². The number of fused-ring (bicyclic) bond motifs is 1. The normalized spacial score (nSPS) is 12.3. The Bertz CT molecular complexity index is 768. The average Bonchev–Trinajstić information content (AvgIpc) is 2.86. The fourth-order valence-electron chi connectivity index (χ4n) is 2.87. The van der Waals surface area contributed by atoms with Crippen LogP contribution in [0.1, 0.15) is 17.0 Å². The second-order valence-corrected chi connectivity index (χ2v) is 5.20. The Labute approximate surface area is 125 Å². The first-order chi connectivity index (χ1) is 10.2. The predicted octanol–water partition coefficient (Wildman–Crippen LogP) is 4.50. The van der Waals surface area contributed by atoms with Gasteiger partial charge in [-0.3, -0.25) is 0 Å². The minimum Gasteiger partial charge on any atom is -0.497 e. The Morgan fingerprint density at radius 2 is 1.81 bits per heavy atom. The van der Waals surface area contributed by atoms with E-state index in [2.05, 4.69) is 60.8 Å². The van der Waals surface area contributed by atoms with Gasteiger partial charge in [0.15, 0.2) is 0 Å². The SMILES string of the molecule is C=CC(c1ccc(OC)cc1)c1cn(C)c2ccccc12. The van der Waals surface area contributed by atoms with Crippen LogP contribution < -0.4 is 4.74 Å². The summed E-state index contributed by atoms with van der Waals surface area (Å²) in [7, 11) is 3.77. The fourth-order valence-corrected chi connectivity index (χ4v) is 2.87. The van der Waals surface area contributed by atoms with Crippen LogP contribution in [0.25, 0.3) is 10.9 Å². The molecule has 2 nitrogen and oxygen atoms in total. The summed E-state index contributed by atoms with van der Waals surface area (Å²) in [5.41, 5.74) is 3.75. The second-order valence-electron chi connectivity index (χ2n) is 5.20. The van der Waals surface area contributed by atoms with Gasteiger partial charge < -0.3 is 9.30 Å². The first-order valence-electron chi connectivity index (χ1n) is 7.05. The molecule has 0 fully saturated rings. The molecule has 0 bridgehead atoms. The van der Waals surface area contributed by atoms with Gasteiger partial charge in [0.2, 0.25) is 0 Å². The average molecular weight is 277 g/mol. The fraction of sp³-hybridized carbons (Fsp3) is 0.158. The maximum atomic E-state index is 5.23. The van der Waals surface area contributed by atoms with E-state index in [0.29, 0.717) is 0 Å². The number of aromatic nitrogens is 1. The number of ether oxygens (including phenoxy) is 1. The molecule has 0 saturated heterocycles. The molecule has 0 amide bonds. The molecule has 0 aliphatic carbocycles. The first-order valence-corrected chi connectivity index (χ1v) is 7.05. The lowest BCUT2D eigenvalue weighted by molar-refractivity contribution is 0.414. The van der Waals surface area contributed by atoms with Crippen LogP contribution in [0.2, 0.25) is 0 Å². The summed E-state index contributed by atoms with van der Waals surface area (Å²) in [6, 6.07) is 16.7. The molecule has 0 saturated carbocycles. The van der Waals surface area contributed by atoms with E-state index in [4.69, 9.17) is 4.74 Å². The zero-order chi connectivity index (χ0) is 14.8. The number of rotatable bonds is 4. The molecule has 0 N–H and O–H groups in total. The topological polar surface area (TPSA) is 14.2 Å². The van der Waals surface area contributed by atoms with Gasteiger partial charge in [-0.15, -0.1) is 6.58 Å². The zero-order valence-electron chi connectivity index (χ0n) is 12.4. The van der Waals surface area contributed by atoms with E-state index >= 15 is 0 Å². The van der Waals surface area contributed by atoms with Crippen molar-refractivity contribution in [2.24, 2.45) is 7.05 Å². The van der Waals surface area contributed by atoms with E-state index in [1.807, 2.05) is 18.2 Å². The molecule has 21 heavy (non-hydrogen) atoms. The highest BCUT2D eigenvalue weighted by molar-refractivity contribution is 5.85. The lowest BCUT2D eigenvalue weighted by Gasteiger charge is -2.13. The van der Waals surface area contributed by atoms with Crippen LogP contribution >= 0.6 is 0 Å². The number of hydrogen-bond acceptors (Lipinski definition) is 1. The number of benzene rings is 2. The van der Waals surface area contributed by atoms with Crippen LogP contribution in [-0.4, -0.2) is 11.7 Å². The summed E-state index contributed by atoms with van der Waals surface area (Å²) in [6.45, 7) is 4.03. The number of aryl methyl sites for hydroxylation is 1. The summed E-state index contributed by atoms with van der Waals surface area (Å²) in [5, 5.41) is 1.28. The largest absolute Gasteiger partial charge is 0.497 e. The van der Waals surface area contributed by atoms with E-state index in [0.717, 1.165) is 5.75 Å². The molecule has 2 heteroatoms. The Morgan fingerprint density at radius 3 is 2.48 bits per heavy atom. The molecular formula is C19H19NO. The molecule has 106 valence electrons. The third kappa shape index (κ3) is 2.33. The second kappa shape index (κ2) is 5.49. The van der Waals surface area contributed by atoms with Gasteiger partial charge in [-0.1, -0.05) is 36.4 Å². The van der Waals surface area contributed by atoms with Gasteiger partial charge in [0.25, 0.3) is 0 Å². The van der Waals surface area contributed by atoms with Gasteiger partial charge in [0.1, 0.15) is 5.75 Å². The molecule has 0 aliphatic heterocycles. The maximum Gasteiger partial charge on any atom is 0.118 e. The smallest absolute Gasteiger partial charge is 0.118 e. The maximum absolute atomic E-state index is 5.23. The minimum absolute atomic E-state index is 0.182. The van der Waals surface area contributed by atoms with Crippen LogP contribution in [0.3, 0.4) is 0 Å².